The standard InChI is InChI=1S/C22H25N3O3S/c1-3-25(4-2)29(27,28)17-9-10-21-16(13-17)11-12-24(21)15-22(26)19-14-23-20-8-6-5-7-18(19)20/h5-10,13-14,23H,3-4,11-12,15H2,1-2H3. The molecular weight excluding hydrogens is 386 g/mol. The molecule has 0 bridgehead atoms. The van der Waals surface area contributed by atoms with Gasteiger partial charge in [-0.25, -0.2) is 8.42 Å². The number of benzene rings is 2. The van der Waals surface area contributed by atoms with E-state index in [-0.39, 0.29) is 12.3 Å². The lowest BCUT2D eigenvalue weighted by molar-refractivity contribution is 0.100. The molecule has 1 aromatic heterocycles. The molecule has 1 aliphatic heterocycles. The fraction of sp³-hybridized carbons (Fsp3) is 0.318. The predicted molar refractivity (Wildman–Crippen MR) is 115 cm³/mol. The summed E-state index contributed by atoms with van der Waals surface area (Å²) in [6.07, 6.45) is 2.50. The van der Waals surface area contributed by atoms with Gasteiger partial charge in [-0.2, -0.15) is 4.31 Å². The Morgan fingerprint density at radius 2 is 1.90 bits per heavy atom. The number of carbonyl (C=O) groups excluding carboxylic acids is 1. The average Bonchev–Trinajstić information content (AvgIpc) is 3.32. The van der Waals surface area contributed by atoms with Gasteiger partial charge in [0.05, 0.1) is 11.4 Å². The number of aromatic amines is 1. The largest absolute Gasteiger partial charge is 0.363 e. The zero-order valence-electron chi connectivity index (χ0n) is 16.7. The number of para-hydroxylation sites is 1. The van der Waals surface area contributed by atoms with E-state index in [1.807, 2.05) is 49.1 Å². The number of sulfonamides is 1. The first kappa shape index (κ1) is 19.7. The van der Waals surface area contributed by atoms with Crippen molar-refractivity contribution in [3.8, 4) is 0 Å². The van der Waals surface area contributed by atoms with Gasteiger partial charge in [0.15, 0.2) is 5.78 Å². The molecule has 3 aromatic rings. The quantitative estimate of drug-likeness (QED) is 0.605. The molecule has 0 saturated heterocycles. The molecule has 0 amide bonds. The van der Waals surface area contributed by atoms with E-state index in [2.05, 4.69) is 4.98 Å². The van der Waals surface area contributed by atoms with Gasteiger partial charge in [-0.05, 0) is 36.2 Å². The third-order valence-corrected chi connectivity index (χ3v) is 7.66. The van der Waals surface area contributed by atoms with E-state index in [9.17, 15) is 13.2 Å². The van der Waals surface area contributed by atoms with E-state index >= 15 is 0 Å². The highest BCUT2D eigenvalue weighted by Gasteiger charge is 2.27. The van der Waals surface area contributed by atoms with Crippen LogP contribution in [-0.2, 0) is 16.4 Å². The fourth-order valence-corrected chi connectivity index (χ4v) is 5.55. The third-order valence-electron chi connectivity index (χ3n) is 5.61. The number of hydrogen-bond donors (Lipinski definition) is 1. The van der Waals surface area contributed by atoms with Crippen LogP contribution in [0.2, 0.25) is 0 Å². The smallest absolute Gasteiger partial charge is 0.243 e. The maximum atomic E-state index is 12.9. The Morgan fingerprint density at radius 1 is 1.14 bits per heavy atom. The number of Topliss-reactive ketones (excluding diaryl/α,β-unsaturated/α-hetero) is 1. The van der Waals surface area contributed by atoms with Crippen molar-refractivity contribution in [3.63, 3.8) is 0 Å². The fourth-order valence-electron chi connectivity index (χ4n) is 4.04. The molecule has 6 nitrogen and oxygen atoms in total. The van der Waals surface area contributed by atoms with Gasteiger partial charge in [0.25, 0.3) is 0 Å². The number of anilines is 1. The zero-order valence-corrected chi connectivity index (χ0v) is 17.5. The summed E-state index contributed by atoms with van der Waals surface area (Å²) in [5.74, 6) is 0.0511. The lowest BCUT2D eigenvalue weighted by Crippen LogP contribution is -2.30. The molecular formula is C22H25N3O3S. The maximum absolute atomic E-state index is 12.9. The van der Waals surface area contributed by atoms with Crippen LogP contribution in [-0.4, -0.2) is 49.7 Å². The Balaban J connectivity index is 1.57. The molecule has 1 N–H and O–H groups in total. The van der Waals surface area contributed by atoms with Crippen LogP contribution in [0.3, 0.4) is 0 Å². The Labute approximate surface area is 171 Å². The number of nitrogens with zero attached hydrogens (tertiary/aromatic N) is 2. The summed E-state index contributed by atoms with van der Waals surface area (Å²) in [5.41, 5.74) is 3.56. The summed E-state index contributed by atoms with van der Waals surface area (Å²) in [5, 5.41) is 0.928. The second-order valence-electron chi connectivity index (χ2n) is 7.22. The van der Waals surface area contributed by atoms with E-state index in [0.717, 1.165) is 28.6 Å². The summed E-state index contributed by atoms with van der Waals surface area (Å²) in [6, 6.07) is 13.0. The molecule has 2 heterocycles. The van der Waals surface area contributed by atoms with E-state index in [0.29, 0.717) is 30.1 Å². The van der Waals surface area contributed by atoms with Gasteiger partial charge in [0.1, 0.15) is 0 Å². The molecule has 0 saturated carbocycles. The average molecular weight is 412 g/mol. The monoisotopic (exact) mass is 411 g/mol. The van der Waals surface area contributed by atoms with E-state index < -0.39 is 10.0 Å². The van der Waals surface area contributed by atoms with Gasteiger partial charge in [-0.3, -0.25) is 4.79 Å². The highest BCUT2D eigenvalue weighted by Crippen LogP contribution is 2.31. The molecule has 152 valence electrons. The van der Waals surface area contributed by atoms with Crippen molar-refractivity contribution in [3.05, 3.63) is 59.8 Å². The number of fused-ring (bicyclic) bond motifs is 2. The van der Waals surface area contributed by atoms with E-state index in [4.69, 9.17) is 0 Å². The second-order valence-corrected chi connectivity index (χ2v) is 9.16. The Morgan fingerprint density at radius 3 is 2.66 bits per heavy atom. The highest BCUT2D eigenvalue weighted by molar-refractivity contribution is 7.89. The number of H-pyrrole nitrogens is 1. The Hall–Kier alpha value is -2.64. The molecule has 7 heteroatoms. The van der Waals surface area contributed by atoms with Crippen molar-refractivity contribution >= 4 is 32.4 Å². The van der Waals surface area contributed by atoms with Crippen molar-refractivity contribution in [2.24, 2.45) is 0 Å². The van der Waals surface area contributed by atoms with Crippen molar-refractivity contribution < 1.29 is 13.2 Å². The summed E-state index contributed by atoms with van der Waals surface area (Å²) < 4.78 is 27.0. The number of rotatable bonds is 7. The van der Waals surface area contributed by atoms with Crippen LogP contribution >= 0.6 is 0 Å². The topological polar surface area (TPSA) is 73.5 Å². The number of ketones is 1. The predicted octanol–water partition coefficient (Wildman–Crippen LogP) is 3.44. The van der Waals surface area contributed by atoms with Crippen LogP contribution < -0.4 is 4.90 Å². The summed E-state index contributed by atoms with van der Waals surface area (Å²) in [7, 11) is -3.48. The lowest BCUT2D eigenvalue weighted by atomic mass is 10.1. The number of hydrogen-bond acceptors (Lipinski definition) is 4. The van der Waals surface area contributed by atoms with Crippen molar-refractivity contribution in [1.82, 2.24) is 9.29 Å². The number of nitrogens with one attached hydrogen (secondary N) is 1. The van der Waals surface area contributed by atoms with Crippen molar-refractivity contribution in [2.75, 3.05) is 31.1 Å². The number of aromatic nitrogens is 1. The minimum Gasteiger partial charge on any atom is -0.363 e. The normalized spacial score (nSPS) is 14.0. The molecule has 0 unspecified atom stereocenters. The summed E-state index contributed by atoms with van der Waals surface area (Å²) in [4.78, 5) is 18.4. The summed E-state index contributed by atoms with van der Waals surface area (Å²) in [6.45, 7) is 5.55. The van der Waals surface area contributed by atoms with Crippen molar-refractivity contribution in [1.29, 1.82) is 0 Å². The minimum atomic E-state index is -3.48. The van der Waals surface area contributed by atoms with Gasteiger partial charge >= 0.3 is 0 Å². The first-order chi connectivity index (χ1) is 14.0. The van der Waals surface area contributed by atoms with E-state index in [1.54, 1.807) is 18.3 Å². The third kappa shape index (κ3) is 3.45. The number of carbonyl (C=O) groups is 1. The van der Waals surface area contributed by atoms with Crippen LogP contribution in [0.25, 0.3) is 10.9 Å². The molecule has 0 radical (unpaired) electrons. The molecule has 2 aromatic carbocycles. The first-order valence-corrected chi connectivity index (χ1v) is 11.4. The van der Waals surface area contributed by atoms with Gasteiger partial charge in [0, 0.05) is 48.0 Å². The highest BCUT2D eigenvalue weighted by atomic mass is 32.2. The van der Waals surface area contributed by atoms with E-state index in [1.165, 1.54) is 4.31 Å². The molecule has 0 fully saturated rings. The Kier molecular flexibility index (Phi) is 5.19. The Bertz CT molecular complexity index is 1160. The SMILES string of the molecule is CCN(CC)S(=O)(=O)c1ccc2c(c1)CCN2CC(=O)c1c[nH]c2ccccc12. The maximum Gasteiger partial charge on any atom is 0.243 e. The van der Waals surface area contributed by atoms with Crippen LogP contribution in [0.1, 0.15) is 29.8 Å². The molecule has 29 heavy (non-hydrogen) atoms. The van der Waals surface area contributed by atoms with Crippen LogP contribution in [0.4, 0.5) is 5.69 Å². The second kappa shape index (κ2) is 7.65. The molecule has 4 rings (SSSR count). The first-order valence-electron chi connectivity index (χ1n) is 9.93. The molecule has 1 aliphatic rings. The zero-order chi connectivity index (χ0) is 20.6. The van der Waals surface area contributed by atoms with Crippen molar-refractivity contribution in [2.45, 2.75) is 25.2 Å². The van der Waals surface area contributed by atoms with Gasteiger partial charge in [-0.1, -0.05) is 32.0 Å². The van der Waals surface area contributed by atoms with Gasteiger partial charge in [-0.15, -0.1) is 0 Å². The van der Waals surface area contributed by atoms with Crippen LogP contribution in [0.5, 0.6) is 0 Å². The lowest BCUT2D eigenvalue weighted by Gasteiger charge is -2.20. The molecule has 0 spiro atoms. The van der Waals surface area contributed by atoms with Gasteiger partial charge < -0.3 is 9.88 Å². The summed E-state index contributed by atoms with van der Waals surface area (Å²) >= 11 is 0. The molecule has 0 aliphatic carbocycles. The minimum absolute atomic E-state index is 0.0511. The van der Waals surface area contributed by atoms with Gasteiger partial charge in [0.2, 0.25) is 10.0 Å². The van der Waals surface area contributed by atoms with Crippen LogP contribution in [0.15, 0.2) is 53.6 Å². The molecule has 0 atom stereocenters. The van der Waals surface area contributed by atoms with Crippen LogP contribution in [0, 0.1) is 0 Å².